The molecule has 0 saturated carbocycles. The van der Waals surface area contributed by atoms with Crippen LogP contribution < -0.4 is 15.4 Å². The Bertz CT molecular complexity index is 857. The Morgan fingerprint density at radius 1 is 1.09 bits per heavy atom. The quantitative estimate of drug-likeness (QED) is 0.433. The minimum absolute atomic E-state index is 0.413. The van der Waals surface area contributed by atoms with E-state index >= 15 is 0 Å². The van der Waals surface area contributed by atoms with Gasteiger partial charge in [-0.15, -0.1) is 0 Å². The maximum Gasteiger partial charge on any atom is 0.272 e. The fourth-order valence-corrected chi connectivity index (χ4v) is 3.47. The molecule has 2 aromatic carbocycles. The third-order valence-corrected chi connectivity index (χ3v) is 5.10. The van der Waals surface area contributed by atoms with Gasteiger partial charge in [-0.1, -0.05) is 36.4 Å². The molecule has 1 saturated heterocycles. The summed E-state index contributed by atoms with van der Waals surface area (Å²) in [7, 11) is 0. The summed E-state index contributed by atoms with van der Waals surface area (Å²) in [6, 6.07) is 15.5. The first kappa shape index (κ1) is 23.9. The molecule has 2 N–H and O–H groups in total. The number of hydrogen-bond donors (Lipinski definition) is 2. The molecular formula is C24H32F2N4O2. The molecule has 0 bridgehead atoms. The van der Waals surface area contributed by atoms with Crippen LogP contribution in [0.3, 0.4) is 0 Å². The van der Waals surface area contributed by atoms with Crippen LogP contribution in [0.2, 0.25) is 0 Å². The number of hydrogen-bond acceptors (Lipinski definition) is 4. The van der Waals surface area contributed by atoms with Crippen LogP contribution in [0.4, 0.5) is 8.78 Å². The summed E-state index contributed by atoms with van der Waals surface area (Å²) >= 11 is 0. The lowest BCUT2D eigenvalue weighted by Crippen LogP contribution is -2.38. The molecule has 0 atom stereocenters. The number of alkyl halides is 2. The predicted molar refractivity (Wildman–Crippen MR) is 122 cm³/mol. The van der Waals surface area contributed by atoms with Gasteiger partial charge in [0.2, 0.25) is 0 Å². The van der Waals surface area contributed by atoms with Crippen molar-refractivity contribution in [1.29, 1.82) is 0 Å². The van der Waals surface area contributed by atoms with Crippen LogP contribution >= 0.6 is 0 Å². The highest BCUT2D eigenvalue weighted by Crippen LogP contribution is 2.15. The van der Waals surface area contributed by atoms with E-state index in [1.54, 1.807) is 18.2 Å². The molecule has 0 unspecified atom stereocenters. The molecule has 0 aliphatic carbocycles. The summed E-state index contributed by atoms with van der Waals surface area (Å²) < 4.78 is 35.3. The first-order chi connectivity index (χ1) is 15.6. The summed E-state index contributed by atoms with van der Waals surface area (Å²) in [6.45, 7) is 7.58. The third kappa shape index (κ3) is 8.09. The van der Waals surface area contributed by atoms with Crippen molar-refractivity contribution >= 4 is 5.96 Å². The van der Waals surface area contributed by atoms with Gasteiger partial charge in [-0.3, -0.25) is 4.90 Å². The zero-order chi connectivity index (χ0) is 22.6. The smallest absolute Gasteiger partial charge is 0.272 e. The molecule has 0 amide bonds. The van der Waals surface area contributed by atoms with Crippen LogP contribution in [-0.4, -0.2) is 56.7 Å². The van der Waals surface area contributed by atoms with E-state index < -0.39 is 13.0 Å². The van der Waals surface area contributed by atoms with E-state index in [0.717, 1.165) is 45.0 Å². The van der Waals surface area contributed by atoms with Crippen molar-refractivity contribution in [3.8, 4) is 5.75 Å². The Morgan fingerprint density at radius 2 is 1.88 bits per heavy atom. The first-order valence-corrected chi connectivity index (χ1v) is 11.0. The molecule has 3 rings (SSSR count). The van der Waals surface area contributed by atoms with Crippen LogP contribution in [0.1, 0.15) is 23.6 Å². The number of morpholine rings is 1. The Morgan fingerprint density at radius 3 is 2.62 bits per heavy atom. The monoisotopic (exact) mass is 446 g/mol. The molecule has 6 nitrogen and oxygen atoms in total. The van der Waals surface area contributed by atoms with Gasteiger partial charge in [-0.05, 0) is 35.7 Å². The predicted octanol–water partition coefficient (Wildman–Crippen LogP) is 3.42. The summed E-state index contributed by atoms with van der Waals surface area (Å²) in [5.74, 6) is 1.13. The Hall–Kier alpha value is -2.71. The molecule has 32 heavy (non-hydrogen) atoms. The lowest BCUT2D eigenvalue weighted by Gasteiger charge is -2.27. The van der Waals surface area contributed by atoms with Gasteiger partial charge in [0.15, 0.2) is 5.96 Å². The van der Waals surface area contributed by atoms with Gasteiger partial charge in [0.1, 0.15) is 12.4 Å². The third-order valence-electron chi connectivity index (χ3n) is 5.10. The van der Waals surface area contributed by atoms with Gasteiger partial charge in [-0.2, -0.15) is 0 Å². The van der Waals surface area contributed by atoms with E-state index in [9.17, 15) is 8.78 Å². The second-order valence-electron chi connectivity index (χ2n) is 7.56. The summed E-state index contributed by atoms with van der Waals surface area (Å²) in [4.78, 5) is 7.05. The van der Waals surface area contributed by atoms with Gasteiger partial charge in [0.05, 0.1) is 19.8 Å². The SMILES string of the molecule is CCNC(=NCc1cccc(OCC(F)F)c1)NCc1ccccc1CN1CCOCC1. The van der Waals surface area contributed by atoms with E-state index in [-0.39, 0.29) is 0 Å². The molecule has 1 fully saturated rings. The van der Waals surface area contributed by atoms with Gasteiger partial charge in [0.25, 0.3) is 6.43 Å². The second-order valence-corrected chi connectivity index (χ2v) is 7.56. The molecule has 0 radical (unpaired) electrons. The fraction of sp³-hybridized carbons (Fsp3) is 0.458. The first-order valence-electron chi connectivity index (χ1n) is 11.0. The van der Waals surface area contributed by atoms with Crippen LogP contribution in [0.5, 0.6) is 5.75 Å². The standard InChI is InChI=1S/C24H32F2N4O2/c1-2-27-24(28-15-19-6-5-9-22(14-19)32-18-23(25)26)29-16-20-7-3-4-8-21(20)17-30-10-12-31-13-11-30/h3-9,14,23H,2,10-13,15-18H2,1H3,(H2,27,28,29). The van der Waals surface area contributed by atoms with Crippen molar-refractivity contribution in [2.24, 2.45) is 4.99 Å². The number of ether oxygens (including phenoxy) is 2. The molecule has 1 aliphatic rings. The maximum absolute atomic E-state index is 12.4. The molecule has 1 heterocycles. The van der Waals surface area contributed by atoms with Crippen molar-refractivity contribution in [1.82, 2.24) is 15.5 Å². The van der Waals surface area contributed by atoms with Gasteiger partial charge >= 0.3 is 0 Å². The van der Waals surface area contributed by atoms with Crippen molar-refractivity contribution < 1.29 is 18.3 Å². The Balaban J connectivity index is 1.60. The van der Waals surface area contributed by atoms with Crippen molar-refractivity contribution in [3.63, 3.8) is 0 Å². The van der Waals surface area contributed by atoms with Gasteiger partial charge in [-0.25, -0.2) is 13.8 Å². The van der Waals surface area contributed by atoms with Gasteiger partial charge < -0.3 is 20.1 Å². The minimum Gasteiger partial charge on any atom is -0.488 e. The lowest BCUT2D eigenvalue weighted by atomic mass is 10.1. The van der Waals surface area contributed by atoms with E-state index in [2.05, 4.69) is 44.8 Å². The highest BCUT2D eigenvalue weighted by atomic mass is 19.3. The summed E-state index contributed by atoms with van der Waals surface area (Å²) in [6.07, 6.45) is -2.49. The zero-order valence-electron chi connectivity index (χ0n) is 18.5. The zero-order valence-corrected chi connectivity index (χ0v) is 18.5. The summed E-state index contributed by atoms with van der Waals surface area (Å²) in [5, 5.41) is 6.66. The number of benzene rings is 2. The average Bonchev–Trinajstić information content (AvgIpc) is 2.81. The fourth-order valence-electron chi connectivity index (χ4n) is 3.47. The maximum atomic E-state index is 12.4. The van der Waals surface area contributed by atoms with E-state index in [1.165, 1.54) is 11.1 Å². The molecule has 0 aromatic heterocycles. The van der Waals surface area contributed by atoms with Crippen molar-refractivity contribution in [3.05, 3.63) is 65.2 Å². The molecule has 2 aromatic rings. The molecule has 174 valence electrons. The highest BCUT2D eigenvalue weighted by Gasteiger charge is 2.13. The molecular weight excluding hydrogens is 414 g/mol. The van der Waals surface area contributed by atoms with Crippen LogP contribution in [0.15, 0.2) is 53.5 Å². The Kier molecular flexibility index (Phi) is 9.71. The van der Waals surface area contributed by atoms with Crippen molar-refractivity contribution in [2.45, 2.75) is 33.0 Å². The van der Waals surface area contributed by atoms with E-state index in [1.807, 2.05) is 13.0 Å². The van der Waals surface area contributed by atoms with Crippen molar-refractivity contribution in [2.75, 3.05) is 39.5 Å². The summed E-state index contributed by atoms with van der Waals surface area (Å²) in [5.41, 5.74) is 3.41. The number of rotatable bonds is 10. The highest BCUT2D eigenvalue weighted by molar-refractivity contribution is 5.79. The number of halogens is 2. The number of nitrogens with one attached hydrogen (secondary N) is 2. The van der Waals surface area contributed by atoms with Crippen LogP contribution in [0.25, 0.3) is 0 Å². The van der Waals surface area contributed by atoms with Gasteiger partial charge in [0, 0.05) is 32.7 Å². The van der Waals surface area contributed by atoms with E-state index in [4.69, 9.17) is 9.47 Å². The Labute approximate surface area is 188 Å². The average molecular weight is 447 g/mol. The number of nitrogens with zero attached hydrogens (tertiary/aromatic N) is 2. The van der Waals surface area contributed by atoms with Crippen LogP contribution in [-0.2, 0) is 24.4 Å². The topological polar surface area (TPSA) is 58.1 Å². The lowest BCUT2D eigenvalue weighted by molar-refractivity contribution is 0.0341. The molecule has 8 heteroatoms. The number of guanidine groups is 1. The van der Waals surface area contributed by atoms with Crippen LogP contribution in [0, 0.1) is 0 Å². The minimum atomic E-state index is -2.49. The second kappa shape index (κ2) is 13.0. The molecule has 1 aliphatic heterocycles. The van der Waals surface area contributed by atoms with E-state index in [0.29, 0.717) is 24.8 Å². The normalized spacial score (nSPS) is 15.1. The molecule has 0 spiro atoms. The number of aliphatic imine (C=N–C) groups is 1. The largest absolute Gasteiger partial charge is 0.488 e.